The van der Waals surface area contributed by atoms with Crippen LogP contribution in [-0.4, -0.2) is 4.57 Å². The average molecular weight is 368 g/mol. The van der Waals surface area contributed by atoms with Crippen molar-refractivity contribution in [2.45, 2.75) is 26.3 Å². The van der Waals surface area contributed by atoms with E-state index >= 15 is 0 Å². The molecule has 0 N–H and O–H groups in total. The van der Waals surface area contributed by atoms with Gasteiger partial charge in [-0.25, -0.2) is 9.13 Å². The van der Waals surface area contributed by atoms with Crippen molar-refractivity contribution in [2.24, 2.45) is 7.05 Å². The monoisotopic (exact) mass is 367 g/mol. The van der Waals surface area contributed by atoms with E-state index in [2.05, 4.69) is 121 Å². The van der Waals surface area contributed by atoms with Crippen molar-refractivity contribution >= 4 is 0 Å². The molecule has 0 spiro atoms. The van der Waals surface area contributed by atoms with E-state index in [9.17, 15) is 0 Å². The minimum Gasteiger partial charge on any atom is -0.229 e. The molecule has 0 aliphatic heterocycles. The van der Waals surface area contributed by atoms with Crippen LogP contribution >= 0.6 is 0 Å². The second-order valence-corrected chi connectivity index (χ2v) is 7.57. The summed E-state index contributed by atoms with van der Waals surface area (Å²) in [6.07, 6.45) is 0. The molecule has 1 aromatic heterocycles. The lowest BCUT2D eigenvalue weighted by Crippen LogP contribution is -2.35. The second-order valence-electron chi connectivity index (χ2n) is 7.57. The van der Waals surface area contributed by atoms with Crippen LogP contribution in [0, 0.1) is 0 Å². The van der Waals surface area contributed by atoms with Crippen LogP contribution in [0.25, 0.3) is 22.5 Å². The van der Waals surface area contributed by atoms with E-state index < -0.39 is 0 Å². The highest BCUT2D eigenvalue weighted by atomic mass is 15.2. The van der Waals surface area contributed by atoms with Gasteiger partial charge in [0, 0.05) is 11.1 Å². The van der Waals surface area contributed by atoms with Gasteiger partial charge in [-0.1, -0.05) is 105 Å². The van der Waals surface area contributed by atoms with Gasteiger partial charge in [0.1, 0.15) is 6.54 Å². The van der Waals surface area contributed by atoms with E-state index in [1.807, 2.05) is 0 Å². The quantitative estimate of drug-likeness (QED) is 0.393. The summed E-state index contributed by atoms with van der Waals surface area (Å²) >= 11 is 0. The van der Waals surface area contributed by atoms with Gasteiger partial charge in [0.25, 0.3) is 5.82 Å². The van der Waals surface area contributed by atoms with Crippen LogP contribution < -0.4 is 4.57 Å². The molecule has 0 unspecified atom stereocenters. The Balaban J connectivity index is 2.03. The Hall–Kier alpha value is -3.13. The number of rotatable bonds is 5. The third kappa shape index (κ3) is 3.38. The zero-order valence-electron chi connectivity index (χ0n) is 16.8. The maximum absolute atomic E-state index is 2.50. The summed E-state index contributed by atoms with van der Waals surface area (Å²) in [6, 6.07) is 32.2. The Bertz CT molecular complexity index is 1050. The van der Waals surface area contributed by atoms with E-state index in [0.29, 0.717) is 5.92 Å². The van der Waals surface area contributed by atoms with E-state index in [4.69, 9.17) is 0 Å². The number of imidazole rings is 1. The number of hydrogen-bond donors (Lipinski definition) is 0. The minimum atomic E-state index is 0.411. The number of hydrogen-bond acceptors (Lipinski definition) is 0. The van der Waals surface area contributed by atoms with Crippen molar-refractivity contribution in [1.82, 2.24) is 4.57 Å². The molecular weight excluding hydrogens is 340 g/mol. The summed E-state index contributed by atoms with van der Waals surface area (Å²) in [5.74, 6) is 1.75. The normalized spacial score (nSPS) is 11.1. The van der Waals surface area contributed by atoms with E-state index in [-0.39, 0.29) is 0 Å². The molecule has 28 heavy (non-hydrogen) atoms. The highest BCUT2D eigenvalue weighted by molar-refractivity contribution is 5.77. The van der Waals surface area contributed by atoms with Gasteiger partial charge in [-0.3, -0.25) is 0 Å². The zero-order chi connectivity index (χ0) is 19.5. The van der Waals surface area contributed by atoms with Gasteiger partial charge in [0.15, 0.2) is 11.4 Å². The molecule has 0 atom stereocenters. The molecule has 0 radical (unpaired) electrons. The van der Waals surface area contributed by atoms with E-state index in [1.165, 1.54) is 33.9 Å². The van der Waals surface area contributed by atoms with Crippen molar-refractivity contribution in [3.63, 3.8) is 0 Å². The molecule has 2 nitrogen and oxygen atoms in total. The Labute approximate surface area is 167 Å². The Morgan fingerprint density at radius 2 is 1.21 bits per heavy atom. The van der Waals surface area contributed by atoms with Crippen LogP contribution in [-0.2, 0) is 13.6 Å². The third-order valence-corrected chi connectivity index (χ3v) is 5.24. The molecule has 140 valence electrons. The van der Waals surface area contributed by atoms with Crippen LogP contribution in [0.15, 0.2) is 91.0 Å². The zero-order valence-corrected chi connectivity index (χ0v) is 16.8. The lowest BCUT2D eigenvalue weighted by molar-refractivity contribution is -0.669. The fraction of sp³-hybridized carbons (Fsp3) is 0.192. The number of nitrogens with zero attached hydrogens (tertiary/aromatic N) is 2. The second kappa shape index (κ2) is 7.85. The smallest absolute Gasteiger partial charge is 0.229 e. The van der Waals surface area contributed by atoms with Crippen LogP contribution in [0.5, 0.6) is 0 Å². The van der Waals surface area contributed by atoms with Gasteiger partial charge < -0.3 is 0 Å². The summed E-state index contributed by atoms with van der Waals surface area (Å²) in [5.41, 5.74) is 6.36. The molecule has 0 fully saturated rings. The SMILES string of the molecule is CC(C)c1n(Cc2ccccc2)c(-c2ccccc2)c(-c2ccccc2)[n+]1C. The van der Waals surface area contributed by atoms with Gasteiger partial charge in [0.2, 0.25) is 0 Å². The molecule has 0 aliphatic carbocycles. The maximum Gasteiger partial charge on any atom is 0.260 e. The van der Waals surface area contributed by atoms with Crippen LogP contribution in [0.3, 0.4) is 0 Å². The summed E-state index contributed by atoms with van der Waals surface area (Å²) in [4.78, 5) is 0. The highest BCUT2D eigenvalue weighted by Gasteiger charge is 2.32. The molecule has 0 aliphatic rings. The molecule has 0 amide bonds. The summed E-state index contributed by atoms with van der Waals surface area (Å²) < 4.78 is 4.88. The van der Waals surface area contributed by atoms with Crippen molar-refractivity contribution in [1.29, 1.82) is 0 Å². The van der Waals surface area contributed by atoms with Gasteiger partial charge in [0.05, 0.1) is 13.0 Å². The molecule has 0 saturated heterocycles. The average Bonchev–Trinajstić information content (AvgIpc) is 3.02. The predicted octanol–water partition coefficient (Wildman–Crippen LogP) is 5.82. The molecule has 0 saturated carbocycles. The fourth-order valence-electron chi connectivity index (χ4n) is 4.14. The van der Waals surface area contributed by atoms with Gasteiger partial charge >= 0.3 is 0 Å². The molecule has 4 rings (SSSR count). The molecule has 3 aromatic carbocycles. The predicted molar refractivity (Wildman–Crippen MR) is 116 cm³/mol. The molecule has 0 bridgehead atoms. The van der Waals surface area contributed by atoms with E-state index in [1.54, 1.807) is 0 Å². The topological polar surface area (TPSA) is 8.81 Å². The van der Waals surface area contributed by atoms with Crippen LogP contribution in [0.1, 0.15) is 31.2 Å². The summed E-state index contributed by atoms with van der Waals surface area (Å²) in [5, 5.41) is 0. The first-order valence-corrected chi connectivity index (χ1v) is 9.94. The van der Waals surface area contributed by atoms with Crippen molar-refractivity contribution < 1.29 is 4.57 Å². The van der Waals surface area contributed by atoms with Gasteiger partial charge in [-0.15, -0.1) is 0 Å². The largest absolute Gasteiger partial charge is 0.260 e. The van der Waals surface area contributed by atoms with Crippen LogP contribution in [0.2, 0.25) is 0 Å². The first-order chi connectivity index (χ1) is 13.7. The lowest BCUT2D eigenvalue weighted by Gasteiger charge is -2.08. The van der Waals surface area contributed by atoms with Gasteiger partial charge in [-0.2, -0.15) is 0 Å². The Morgan fingerprint density at radius 1 is 0.714 bits per heavy atom. The van der Waals surface area contributed by atoms with Gasteiger partial charge in [-0.05, 0) is 5.56 Å². The van der Waals surface area contributed by atoms with Crippen molar-refractivity contribution in [2.75, 3.05) is 0 Å². The minimum absolute atomic E-state index is 0.411. The van der Waals surface area contributed by atoms with Crippen molar-refractivity contribution in [3.8, 4) is 22.5 Å². The highest BCUT2D eigenvalue weighted by Crippen LogP contribution is 2.34. The Kier molecular flexibility index (Phi) is 5.12. The molecule has 4 aromatic rings. The fourth-order valence-corrected chi connectivity index (χ4v) is 4.14. The van der Waals surface area contributed by atoms with Crippen molar-refractivity contribution in [3.05, 3.63) is 102 Å². The summed E-state index contributed by atoms with van der Waals surface area (Å²) in [6.45, 7) is 5.42. The maximum atomic E-state index is 2.50. The number of benzene rings is 3. The first kappa shape index (κ1) is 18.2. The lowest BCUT2D eigenvalue weighted by atomic mass is 10.0. The molecule has 1 heterocycles. The van der Waals surface area contributed by atoms with Crippen LogP contribution in [0.4, 0.5) is 0 Å². The molecular formula is C26H27N2+. The van der Waals surface area contributed by atoms with E-state index in [0.717, 1.165) is 6.54 Å². The summed E-state index contributed by atoms with van der Waals surface area (Å²) in [7, 11) is 2.20. The number of aromatic nitrogens is 2. The Morgan fingerprint density at radius 3 is 1.75 bits per heavy atom. The standard InChI is InChI=1S/C26H27N2/c1-20(2)26-27(3)24(22-15-9-5-10-16-22)25(23-17-11-6-12-18-23)28(26)19-21-13-7-4-8-14-21/h4-18,20H,19H2,1-3H3/q+1. The molecule has 2 heteroatoms. The third-order valence-electron chi connectivity index (χ3n) is 5.24. The first-order valence-electron chi connectivity index (χ1n) is 9.94.